The predicted molar refractivity (Wildman–Crippen MR) is 42.7 cm³/mol. The van der Waals surface area contributed by atoms with Crippen LogP contribution < -0.4 is 5.73 Å². The molecule has 0 aliphatic heterocycles. The van der Waals surface area contributed by atoms with Gasteiger partial charge >= 0.3 is 0 Å². The Balaban J connectivity index is 3.73. The molecule has 6 heteroatoms. The molecule has 0 saturated carbocycles. The van der Waals surface area contributed by atoms with Gasteiger partial charge in [-0.25, -0.2) is 8.78 Å². The third kappa shape index (κ3) is 5.87. The van der Waals surface area contributed by atoms with Crippen molar-refractivity contribution in [2.45, 2.75) is 18.6 Å². The molecule has 0 aromatic rings. The third-order valence-electron chi connectivity index (χ3n) is 1.45. The summed E-state index contributed by atoms with van der Waals surface area (Å²) in [7, 11) is 1.43. The number of halogens is 2. The summed E-state index contributed by atoms with van der Waals surface area (Å²) in [4.78, 5) is 0. The zero-order valence-corrected chi connectivity index (χ0v) is 7.45. The van der Waals surface area contributed by atoms with E-state index in [0.29, 0.717) is 0 Å². The molecule has 0 aromatic heterocycles. The van der Waals surface area contributed by atoms with Crippen LogP contribution in [0.4, 0.5) is 8.78 Å². The molecule has 0 aliphatic rings. The van der Waals surface area contributed by atoms with Crippen molar-refractivity contribution in [3.05, 3.63) is 0 Å². The molecule has 0 bridgehead atoms. The number of aliphatic hydroxyl groups is 1. The molecule has 0 heterocycles. The second-order valence-electron chi connectivity index (χ2n) is 2.56. The highest BCUT2D eigenvalue weighted by Gasteiger charge is 2.18. The molecule has 0 rings (SSSR count). The van der Waals surface area contributed by atoms with Crippen molar-refractivity contribution in [3.63, 3.8) is 0 Å². The minimum atomic E-state index is -2.55. The number of ether oxygens (including phenoxy) is 2. The summed E-state index contributed by atoms with van der Waals surface area (Å²) in [5, 5.41) is 8.73. The van der Waals surface area contributed by atoms with E-state index in [9.17, 15) is 8.78 Å². The van der Waals surface area contributed by atoms with Crippen LogP contribution in [0.15, 0.2) is 0 Å². The number of rotatable bonds is 7. The Kier molecular flexibility index (Phi) is 6.97. The predicted octanol–water partition coefficient (Wildman–Crippen LogP) is -0.397. The van der Waals surface area contributed by atoms with Crippen LogP contribution in [0.25, 0.3) is 0 Å². The maximum atomic E-state index is 11.7. The number of methoxy groups -OCH3 is 1. The number of nitrogens with two attached hydrogens (primary N) is 1. The molecule has 3 N–H and O–H groups in total. The van der Waals surface area contributed by atoms with E-state index in [-0.39, 0.29) is 6.61 Å². The van der Waals surface area contributed by atoms with Gasteiger partial charge in [0.25, 0.3) is 6.43 Å². The highest BCUT2D eigenvalue weighted by Crippen LogP contribution is 2.01. The molecule has 80 valence electrons. The highest BCUT2D eigenvalue weighted by atomic mass is 19.3. The van der Waals surface area contributed by atoms with Crippen LogP contribution in [0.2, 0.25) is 0 Å². The normalized spacial score (nSPS) is 16.2. The van der Waals surface area contributed by atoms with E-state index in [0.717, 1.165) is 0 Å². The van der Waals surface area contributed by atoms with Gasteiger partial charge in [0.05, 0.1) is 25.4 Å². The van der Waals surface area contributed by atoms with Gasteiger partial charge in [0, 0.05) is 7.11 Å². The summed E-state index contributed by atoms with van der Waals surface area (Å²) in [6, 6.07) is -0.589. The molecule has 0 fully saturated rings. The Bertz CT molecular complexity index is 126. The van der Waals surface area contributed by atoms with Crippen molar-refractivity contribution >= 4 is 0 Å². The molecule has 0 aliphatic carbocycles. The Morgan fingerprint density at radius 2 is 2.00 bits per heavy atom. The fourth-order valence-electron chi connectivity index (χ4n) is 0.808. The standard InChI is InChI=1S/C7H15F2NO3/c1-12-3-5(10)6(2-11)13-4-7(8)9/h5-7,11H,2-4,10H2,1H3. The minimum absolute atomic E-state index is 0.161. The Morgan fingerprint density at radius 1 is 1.38 bits per heavy atom. The second kappa shape index (κ2) is 7.14. The van der Waals surface area contributed by atoms with Gasteiger partial charge in [0.2, 0.25) is 0 Å². The largest absolute Gasteiger partial charge is 0.394 e. The SMILES string of the molecule is COCC(N)C(CO)OCC(F)F. The molecule has 2 atom stereocenters. The molecule has 0 saturated heterocycles. The number of alkyl halides is 2. The summed E-state index contributed by atoms with van der Waals surface area (Å²) in [5.74, 6) is 0. The van der Waals surface area contributed by atoms with Crippen LogP contribution >= 0.6 is 0 Å². The molecule has 0 amide bonds. The van der Waals surface area contributed by atoms with Gasteiger partial charge in [0.1, 0.15) is 6.61 Å². The molecule has 13 heavy (non-hydrogen) atoms. The third-order valence-corrected chi connectivity index (χ3v) is 1.45. The van der Waals surface area contributed by atoms with Crippen LogP contribution in [0.3, 0.4) is 0 Å². The van der Waals surface area contributed by atoms with Crippen LogP contribution in [0.1, 0.15) is 0 Å². The highest BCUT2D eigenvalue weighted by molar-refractivity contribution is 4.72. The first-order valence-electron chi connectivity index (χ1n) is 3.87. The van der Waals surface area contributed by atoms with Gasteiger partial charge in [-0.05, 0) is 0 Å². The molecule has 0 radical (unpaired) electrons. The van der Waals surface area contributed by atoms with Crippen molar-refractivity contribution in [3.8, 4) is 0 Å². The first-order chi connectivity index (χ1) is 6.11. The van der Waals surface area contributed by atoms with Gasteiger partial charge in [0.15, 0.2) is 0 Å². The monoisotopic (exact) mass is 199 g/mol. The van der Waals surface area contributed by atoms with Crippen molar-refractivity contribution in [1.82, 2.24) is 0 Å². The van der Waals surface area contributed by atoms with Gasteiger partial charge < -0.3 is 20.3 Å². The van der Waals surface area contributed by atoms with E-state index in [4.69, 9.17) is 10.8 Å². The lowest BCUT2D eigenvalue weighted by atomic mass is 10.2. The van der Waals surface area contributed by atoms with Crippen molar-refractivity contribution < 1.29 is 23.4 Å². The molecule has 2 unspecified atom stereocenters. The van der Waals surface area contributed by atoms with Crippen LogP contribution in [0.5, 0.6) is 0 Å². The van der Waals surface area contributed by atoms with E-state index < -0.39 is 31.8 Å². The fourth-order valence-corrected chi connectivity index (χ4v) is 0.808. The van der Waals surface area contributed by atoms with Gasteiger partial charge in [-0.2, -0.15) is 0 Å². The summed E-state index contributed by atoms with van der Waals surface area (Å²) < 4.78 is 32.8. The Labute approximate surface area is 75.6 Å². The lowest BCUT2D eigenvalue weighted by Gasteiger charge is -2.21. The smallest absolute Gasteiger partial charge is 0.261 e. The summed E-state index contributed by atoms with van der Waals surface area (Å²) in [5.41, 5.74) is 5.47. The maximum Gasteiger partial charge on any atom is 0.261 e. The van der Waals surface area contributed by atoms with E-state index in [2.05, 4.69) is 9.47 Å². The van der Waals surface area contributed by atoms with E-state index >= 15 is 0 Å². The molecular formula is C7H15F2NO3. The number of aliphatic hydroxyl groups excluding tert-OH is 1. The average molecular weight is 199 g/mol. The Hall–Kier alpha value is -0.300. The van der Waals surface area contributed by atoms with Gasteiger partial charge in [-0.15, -0.1) is 0 Å². The van der Waals surface area contributed by atoms with Crippen molar-refractivity contribution in [1.29, 1.82) is 0 Å². The van der Waals surface area contributed by atoms with Crippen LogP contribution in [-0.2, 0) is 9.47 Å². The van der Waals surface area contributed by atoms with Crippen LogP contribution in [0, 0.1) is 0 Å². The molecule has 0 aromatic carbocycles. The zero-order chi connectivity index (χ0) is 10.3. The van der Waals surface area contributed by atoms with E-state index in [1.54, 1.807) is 0 Å². The quantitative estimate of drug-likeness (QED) is 0.585. The fraction of sp³-hybridized carbons (Fsp3) is 1.00. The van der Waals surface area contributed by atoms with E-state index in [1.807, 2.05) is 0 Å². The topological polar surface area (TPSA) is 64.7 Å². The van der Waals surface area contributed by atoms with Crippen molar-refractivity contribution in [2.75, 3.05) is 26.9 Å². The molecular weight excluding hydrogens is 184 g/mol. The lowest BCUT2D eigenvalue weighted by Crippen LogP contribution is -2.43. The zero-order valence-electron chi connectivity index (χ0n) is 7.45. The van der Waals surface area contributed by atoms with Gasteiger partial charge in [-0.1, -0.05) is 0 Å². The summed E-state index contributed by atoms with van der Waals surface area (Å²) in [6.07, 6.45) is -3.35. The first-order valence-corrected chi connectivity index (χ1v) is 3.87. The maximum absolute atomic E-state index is 11.7. The second-order valence-corrected chi connectivity index (χ2v) is 2.56. The van der Waals surface area contributed by atoms with Crippen LogP contribution in [-0.4, -0.2) is 50.6 Å². The molecule has 4 nitrogen and oxygen atoms in total. The van der Waals surface area contributed by atoms with E-state index in [1.165, 1.54) is 7.11 Å². The summed E-state index contributed by atoms with van der Waals surface area (Å²) in [6.45, 7) is -0.950. The molecule has 0 spiro atoms. The van der Waals surface area contributed by atoms with Crippen molar-refractivity contribution in [2.24, 2.45) is 5.73 Å². The summed E-state index contributed by atoms with van der Waals surface area (Å²) >= 11 is 0. The average Bonchev–Trinajstić information content (AvgIpc) is 2.05. The minimum Gasteiger partial charge on any atom is -0.394 e. The number of hydrogen-bond donors (Lipinski definition) is 2. The number of hydrogen-bond acceptors (Lipinski definition) is 4. The lowest BCUT2D eigenvalue weighted by molar-refractivity contribution is -0.0609. The first kappa shape index (κ1) is 12.7. The Morgan fingerprint density at radius 3 is 2.38 bits per heavy atom. The van der Waals surface area contributed by atoms with Gasteiger partial charge in [-0.3, -0.25) is 0 Å².